The molecule has 1 aliphatic rings. The predicted molar refractivity (Wildman–Crippen MR) is 161 cm³/mol. The summed E-state index contributed by atoms with van der Waals surface area (Å²) in [5, 5.41) is 6.87. The number of ether oxygens (including phenoxy) is 1. The molecule has 5 aromatic rings. The zero-order valence-electron chi connectivity index (χ0n) is 21.5. The Kier molecular flexibility index (Phi) is 6.91. The molecule has 3 heterocycles. The first-order valence-electron chi connectivity index (χ1n) is 12.6. The number of hydrogen-bond donors (Lipinski definition) is 1. The molecule has 0 spiro atoms. The lowest BCUT2D eigenvalue weighted by Gasteiger charge is -2.24. The van der Waals surface area contributed by atoms with Crippen molar-refractivity contribution in [3.8, 4) is 18.1 Å². The summed E-state index contributed by atoms with van der Waals surface area (Å²) in [6.07, 6.45) is 7.30. The molecule has 0 fully saturated rings. The molecule has 0 unspecified atom stereocenters. The molecular weight excluding hydrogens is 539 g/mol. The van der Waals surface area contributed by atoms with Crippen molar-refractivity contribution >= 4 is 51.1 Å². The van der Waals surface area contributed by atoms with Gasteiger partial charge >= 0.3 is 0 Å². The van der Waals surface area contributed by atoms with E-state index in [-0.39, 0.29) is 18.1 Å². The van der Waals surface area contributed by atoms with E-state index in [0.29, 0.717) is 32.0 Å². The molecule has 1 atom stereocenters. The fraction of sp³-hybridized carbons (Fsp3) is 0.0938. The number of aromatic nitrogens is 1. The van der Waals surface area contributed by atoms with Crippen molar-refractivity contribution in [3.63, 3.8) is 0 Å². The third-order valence-electron chi connectivity index (χ3n) is 6.63. The smallest absolute Gasteiger partial charge is 0.271 e. The number of carbonyl (C=O) groups excluding carboxylic acids is 1. The van der Waals surface area contributed by atoms with E-state index < -0.39 is 6.04 Å². The Morgan fingerprint density at radius 1 is 1.10 bits per heavy atom. The van der Waals surface area contributed by atoms with Crippen molar-refractivity contribution < 1.29 is 9.53 Å². The molecule has 1 amide bonds. The summed E-state index contributed by atoms with van der Waals surface area (Å²) in [5.74, 6) is 2.81. The van der Waals surface area contributed by atoms with E-state index in [9.17, 15) is 9.59 Å². The first-order chi connectivity index (χ1) is 19.5. The molecule has 1 N–H and O–H groups in total. The molecular formula is C32H23N3O3S2. The highest BCUT2D eigenvalue weighted by Crippen LogP contribution is 2.33. The van der Waals surface area contributed by atoms with E-state index in [1.807, 2.05) is 97.2 Å². The van der Waals surface area contributed by atoms with Crippen LogP contribution in [-0.4, -0.2) is 17.1 Å². The molecule has 0 saturated heterocycles. The fourth-order valence-electron chi connectivity index (χ4n) is 4.85. The highest BCUT2D eigenvalue weighted by molar-refractivity contribution is 7.10. The largest absolute Gasteiger partial charge is 0.480 e. The third kappa shape index (κ3) is 4.66. The second-order valence-corrected chi connectivity index (χ2v) is 11.1. The number of benzene rings is 3. The molecule has 2 aromatic heterocycles. The van der Waals surface area contributed by atoms with Crippen LogP contribution in [0.1, 0.15) is 23.4 Å². The van der Waals surface area contributed by atoms with Crippen molar-refractivity contribution in [1.82, 2.24) is 4.57 Å². The van der Waals surface area contributed by atoms with E-state index in [4.69, 9.17) is 16.2 Å². The minimum atomic E-state index is -0.605. The lowest BCUT2D eigenvalue weighted by molar-refractivity contribution is -0.113. The normalized spacial score (nSPS) is 14.9. The summed E-state index contributed by atoms with van der Waals surface area (Å²) in [6.45, 7) is 1.92. The van der Waals surface area contributed by atoms with Crippen LogP contribution in [0.5, 0.6) is 5.75 Å². The monoisotopic (exact) mass is 561 g/mol. The first-order valence-corrected chi connectivity index (χ1v) is 14.2. The molecule has 6 nitrogen and oxygen atoms in total. The van der Waals surface area contributed by atoms with Gasteiger partial charge in [0.1, 0.15) is 18.4 Å². The van der Waals surface area contributed by atoms with Crippen LogP contribution >= 0.6 is 22.7 Å². The number of thiophene rings is 1. The summed E-state index contributed by atoms with van der Waals surface area (Å²) in [7, 11) is 0. The Balaban J connectivity index is 1.53. The molecule has 0 radical (unpaired) electrons. The average molecular weight is 562 g/mol. The van der Waals surface area contributed by atoms with Gasteiger partial charge in [-0.3, -0.25) is 14.2 Å². The highest BCUT2D eigenvalue weighted by atomic mass is 32.1. The van der Waals surface area contributed by atoms with E-state index >= 15 is 0 Å². The number of terminal acetylenes is 1. The molecule has 40 heavy (non-hydrogen) atoms. The van der Waals surface area contributed by atoms with E-state index in [1.165, 1.54) is 22.7 Å². The van der Waals surface area contributed by atoms with Crippen molar-refractivity contribution in [1.29, 1.82) is 0 Å². The fourth-order valence-corrected chi connectivity index (χ4v) is 6.70. The predicted octanol–water partition coefficient (Wildman–Crippen LogP) is 5.10. The maximum Gasteiger partial charge on any atom is 0.271 e. The van der Waals surface area contributed by atoms with Crippen LogP contribution in [-0.2, 0) is 4.79 Å². The number of carbonyl (C=O) groups is 1. The van der Waals surface area contributed by atoms with Crippen LogP contribution in [0.4, 0.5) is 5.69 Å². The van der Waals surface area contributed by atoms with Gasteiger partial charge in [0.15, 0.2) is 4.80 Å². The summed E-state index contributed by atoms with van der Waals surface area (Å²) < 4.78 is 7.97. The number of amides is 1. The first kappa shape index (κ1) is 25.6. The van der Waals surface area contributed by atoms with Gasteiger partial charge in [-0.2, -0.15) is 0 Å². The lowest BCUT2D eigenvalue weighted by Crippen LogP contribution is -2.40. The van der Waals surface area contributed by atoms with Crippen molar-refractivity contribution in [3.05, 3.63) is 126 Å². The van der Waals surface area contributed by atoms with Gasteiger partial charge in [-0.1, -0.05) is 71.9 Å². The Hall–Kier alpha value is -4.71. The van der Waals surface area contributed by atoms with E-state index in [1.54, 1.807) is 4.57 Å². The van der Waals surface area contributed by atoms with Crippen LogP contribution in [0.2, 0.25) is 0 Å². The third-order valence-corrected chi connectivity index (χ3v) is 8.54. The van der Waals surface area contributed by atoms with Crippen molar-refractivity contribution in [2.75, 3.05) is 11.9 Å². The number of thiazole rings is 1. The van der Waals surface area contributed by atoms with Crippen LogP contribution in [0, 0.1) is 12.3 Å². The second-order valence-electron chi connectivity index (χ2n) is 9.11. The van der Waals surface area contributed by atoms with Gasteiger partial charge in [0.25, 0.3) is 11.5 Å². The summed E-state index contributed by atoms with van der Waals surface area (Å²) in [5.41, 5.74) is 2.22. The topological polar surface area (TPSA) is 72.7 Å². The number of nitrogens with one attached hydrogen (secondary N) is 1. The Labute approximate surface area is 238 Å². The number of nitrogens with zero attached hydrogens (tertiary/aromatic N) is 2. The van der Waals surface area contributed by atoms with Crippen LogP contribution < -0.4 is 24.9 Å². The Bertz CT molecular complexity index is 2000. The van der Waals surface area contributed by atoms with Gasteiger partial charge in [-0.15, -0.1) is 17.8 Å². The summed E-state index contributed by atoms with van der Waals surface area (Å²) >= 11 is 2.79. The summed E-state index contributed by atoms with van der Waals surface area (Å²) in [6, 6.07) is 24.3. The number of para-hydroxylation sites is 1. The Morgan fingerprint density at radius 2 is 1.90 bits per heavy atom. The lowest BCUT2D eigenvalue weighted by atomic mass is 10.0. The minimum Gasteiger partial charge on any atom is -0.480 e. The number of fused-ring (bicyclic) bond motifs is 2. The molecule has 3 aromatic carbocycles. The highest BCUT2D eigenvalue weighted by Gasteiger charge is 2.33. The van der Waals surface area contributed by atoms with Crippen LogP contribution in [0.15, 0.2) is 105 Å². The molecule has 196 valence electrons. The molecule has 0 bridgehead atoms. The maximum atomic E-state index is 14.1. The number of anilines is 1. The quantitative estimate of drug-likeness (QED) is 0.293. The number of hydrogen-bond acceptors (Lipinski definition) is 6. The van der Waals surface area contributed by atoms with Crippen molar-refractivity contribution in [2.45, 2.75) is 13.0 Å². The van der Waals surface area contributed by atoms with E-state index in [0.717, 1.165) is 21.2 Å². The van der Waals surface area contributed by atoms with Gasteiger partial charge in [0.2, 0.25) is 0 Å². The maximum absolute atomic E-state index is 14.1. The number of rotatable bonds is 6. The van der Waals surface area contributed by atoms with Gasteiger partial charge in [-0.05, 0) is 53.4 Å². The Morgan fingerprint density at radius 3 is 2.67 bits per heavy atom. The SMILES string of the molecule is C#CCOc1ccc2ccccc2c1C=c1sc2n(c1=O)[C@H](c1cccs1)C(C(=O)Nc1ccccc1)=C(C)N=2. The molecule has 8 heteroatoms. The molecule has 6 rings (SSSR count). The minimum absolute atomic E-state index is 0.109. The standard InChI is InChI=1S/C32H23N3O3S2/c1-3-17-38-25-16-15-21-10-7-8-13-23(21)24(25)19-27-31(37)35-29(26-14-9-18-39-26)28(20(2)33-32(35)40-27)30(36)34-22-11-5-4-6-12-22/h1,4-16,18-19,29H,17H2,2H3,(H,34,36)/t29-/m1/s1. The zero-order valence-corrected chi connectivity index (χ0v) is 23.1. The van der Waals surface area contributed by atoms with Crippen LogP contribution in [0.3, 0.4) is 0 Å². The number of allylic oxidation sites excluding steroid dienone is 1. The molecule has 0 saturated carbocycles. The van der Waals surface area contributed by atoms with Crippen LogP contribution in [0.25, 0.3) is 16.8 Å². The van der Waals surface area contributed by atoms with Gasteiger partial charge in [-0.25, -0.2) is 4.99 Å². The van der Waals surface area contributed by atoms with Crippen molar-refractivity contribution in [2.24, 2.45) is 4.99 Å². The van der Waals surface area contributed by atoms with Gasteiger partial charge in [0.05, 0.1) is 15.8 Å². The second kappa shape index (κ2) is 10.8. The average Bonchev–Trinajstić information content (AvgIpc) is 3.61. The summed E-state index contributed by atoms with van der Waals surface area (Å²) in [4.78, 5) is 33.8. The molecule has 0 aliphatic carbocycles. The van der Waals surface area contributed by atoms with Gasteiger partial charge in [0, 0.05) is 16.1 Å². The van der Waals surface area contributed by atoms with E-state index in [2.05, 4.69) is 11.2 Å². The molecule has 1 aliphatic heterocycles. The zero-order chi connectivity index (χ0) is 27.6. The van der Waals surface area contributed by atoms with Gasteiger partial charge < -0.3 is 10.1 Å².